The third-order valence-corrected chi connectivity index (χ3v) is 5.97. The van der Waals surface area contributed by atoms with E-state index >= 15 is 0 Å². The maximum atomic E-state index is 12.9. The van der Waals surface area contributed by atoms with Gasteiger partial charge in [0.2, 0.25) is 0 Å². The largest absolute Gasteiger partial charge is 0.469 e. The molecule has 1 atom stereocenters. The van der Waals surface area contributed by atoms with E-state index in [0.29, 0.717) is 36.8 Å². The lowest BCUT2D eigenvalue weighted by atomic mass is 9.91. The highest BCUT2D eigenvalue weighted by atomic mass is 16.5. The molecule has 154 valence electrons. The molecule has 1 aromatic heterocycles. The number of ether oxygens (including phenoxy) is 1. The number of nitrogens with one attached hydrogen (secondary N) is 1. The van der Waals surface area contributed by atoms with Crippen molar-refractivity contribution in [2.45, 2.75) is 51.4 Å². The van der Waals surface area contributed by atoms with Crippen LogP contribution in [0.15, 0.2) is 15.3 Å². The van der Waals surface area contributed by atoms with Crippen molar-refractivity contribution < 1.29 is 18.7 Å². The van der Waals surface area contributed by atoms with Crippen molar-refractivity contribution in [3.8, 4) is 0 Å². The van der Waals surface area contributed by atoms with E-state index in [4.69, 9.17) is 4.42 Å². The number of carbonyl (C=O) groups is 2. The molecule has 0 aliphatic carbocycles. The predicted octanol–water partition coefficient (Wildman–Crippen LogP) is 2.22. The van der Waals surface area contributed by atoms with E-state index < -0.39 is 5.63 Å². The summed E-state index contributed by atoms with van der Waals surface area (Å²) in [5.41, 5.74) is 0.313. The van der Waals surface area contributed by atoms with Gasteiger partial charge in [-0.05, 0) is 63.1 Å². The Hall–Kier alpha value is -2.15. The highest BCUT2D eigenvalue weighted by molar-refractivity contribution is 5.95. The summed E-state index contributed by atoms with van der Waals surface area (Å²) in [5.74, 6) is 0.829. The van der Waals surface area contributed by atoms with Crippen molar-refractivity contribution in [2.75, 3.05) is 33.3 Å². The molecular weight excluding hydrogens is 360 g/mol. The zero-order valence-corrected chi connectivity index (χ0v) is 16.8. The molecule has 2 aliphatic heterocycles. The molecule has 28 heavy (non-hydrogen) atoms. The number of rotatable bonds is 5. The zero-order chi connectivity index (χ0) is 20.1. The Labute approximate surface area is 165 Å². The Balaban J connectivity index is 1.63. The number of aryl methyl sites for hydroxylation is 1. The number of likely N-dealkylation sites (tertiary alicyclic amines) is 1. The van der Waals surface area contributed by atoms with Crippen LogP contribution in [-0.4, -0.2) is 50.1 Å². The molecule has 1 amide bonds. The first-order chi connectivity index (χ1) is 13.5. The van der Waals surface area contributed by atoms with Crippen molar-refractivity contribution >= 4 is 11.9 Å². The maximum Gasteiger partial charge on any atom is 0.349 e. The number of hydrogen-bond acceptors (Lipinski definition) is 6. The third-order valence-electron chi connectivity index (χ3n) is 5.97. The fourth-order valence-electron chi connectivity index (χ4n) is 4.19. The molecule has 7 heteroatoms. The summed E-state index contributed by atoms with van der Waals surface area (Å²) in [6.45, 7) is 4.79. The van der Waals surface area contributed by atoms with Crippen LogP contribution in [0.5, 0.6) is 0 Å². The second kappa shape index (κ2) is 9.37. The molecular formula is C21H30N2O5. The first-order valence-electron chi connectivity index (χ1n) is 10.2. The number of esters is 1. The van der Waals surface area contributed by atoms with Crippen LogP contribution in [0.25, 0.3) is 0 Å². The van der Waals surface area contributed by atoms with E-state index in [-0.39, 0.29) is 23.4 Å². The first kappa shape index (κ1) is 20.6. The smallest absolute Gasteiger partial charge is 0.349 e. The van der Waals surface area contributed by atoms with Crippen molar-refractivity contribution in [3.05, 3.63) is 33.4 Å². The number of amides is 1. The molecule has 0 aromatic carbocycles. The molecule has 3 rings (SSSR count). The summed E-state index contributed by atoms with van der Waals surface area (Å²) in [5, 5.41) is 3.32. The quantitative estimate of drug-likeness (QED) is 0.776. The summed E-state index contributed by atoms with van der Waals surface area (Å²) in [4.78, 5) is 38.5. The van der Waals surface area contributed by atoms with E-state index in [9.17, 15) is 14.4 Å². The van der Waals surface area contributed by atoms with Crippen LogP contribution in [0.2, 0.25) is 0 Å². The number of nitrogens with zero attached hydrogens (tertiary/aromatic N) is 1. The van der Waals surface area contributed by atoms with Crippen molar-refractivity contribution in [1.82, 2.24) is 10.2 Å². The molecule has 7 nitrogen and oxygen atoms in total. The van der Waals surface area contributed by atoms with Crippen molar-refractivity contribution in [1.29, 1.82) is 0 Å². The van der Waals surface area contributed by atoms with E-state index in [2.05, 4.69) is 10.1 Å². The van der Waals surface area contributed by atoms with Crippen molar-refractivity contribution in [3.63, 3.8) is 0 Å². The minimum atomic E-state index is -0.529. The first-order valence-corrected chi connectivity index (χ1v) is 10.2. The zero-order valence-electron chi connectivity index (χ0n) is 16.8. The summed E-state index contributed by atoms with van der Waals surface area (Å²) in [6, 6.07) is 1.86. The van der Waals surface area contributed by atoms with Crippen LogP contribution in [-0.2, 0) is 9.53 Å². The van der Waals surface area contributed by atoms with Gasteiger partial charge in [0.15, 0.2) is 0 Å². The van der Waals surface area contributed by atoms with Gasteiger partial charge in [-0.2, -0.15) is 0 Å². The minimum Gasteiger partial charge on any atom is -0.469 e. The van der Waals surface area contributed by atoms with Crippen LogP contribution >= 0.6 is 0 Å². The highest BCUT2D eigenvalue weighted by Gasteiger charge is 2.28. The van der Waals surface area contributed by atoms with Gasteiger partial charge in [0, 0.05) is 32.0 Å². The van der Waals surface area contributed by atoms with E-state index in [1.807, 2.05) is 13.0 Å². The SMILES string of the molecule is COC(=O)CCC1CCN(C(=O)c2c(C)cc(C3CCCNC3)oc2=O)CC1. The number of methoxy groups -OCH3 is 1. The van der Waals surface area contributed by atoms with Gasteiger partial charge in [0.1, 0.15) is 11.3 Å². The Morgan fingerprint density at radius 3 is 2.64 bits per heavy atom. The fraction of sp³-hybridized carbons (Fsp3) is 0.667. The Morgan fingerprint density at radius 1 is 1.29 bits per heavy atom. The standard InChI is InChI=1S/C21H30N2O5/c1-14-12-17(16-4-3-9-22-13-16)28-21(26)19(14)20(25)23-10-7-15(8-11-23)5-6-18(24)27-2/h12,15-16,22H,3-11,13H2,1-2H3. The minimum absolute atomic E-state index is 0.153. The lowest BCUT2D eigenvalue weighted by Gasteiger charge is -2.32. The second-order valence-electron chi connectivity index (χ2n) is 7.89. The van der Waals surface area contributed by atoms with Crippen LogP contribution in [0.4, 0.5) is 0 Å². The predicted molar refractivity (Wildman–Crippen MR) is 104 cm³/mol. The van der Waals surface area contributed by atoms with Gasteiger partial charge in [0.25, 0.3) is 5.91 Å². The molecule has 2 aliphatic rings. The highest BCUT2D eigenvalue weighted by Crippen LogP contribution is 2.26. The Morgan fingerprint density at radius 2 is 2.04 bits per heavy atom. The molecule has 0 saturated carbocycles. The maximum absolute atomic E-state index is 12.9. The average molecular weight is 390 g/mol. The van der Waals surface area contributed by atoms with Crippen LogP contribution in [0.1, 0.15) is 66.1 Å². The molecule has 1 N–H and O–H groups in total. The van der Waals surface area contributed by atoms with Crippen molar-refractivity contribution in [2.24, 2.45) is 5.92 Å². The van der Waals surface area contributed by atoms with Gasteiger partial charge < -0.3 is 19.4 Å². The van der Waals surface area contributed by atoms with Gasteiger partial charge in [-0.15, -0.1) is 0 Å². The number of hydrogen-bond donors (Lipinski definition) is 1. The normalized spacial score (nSPS) is 20.8. The Bertz CT molecular complexity index is 759. The Kier molecular flexibility index (Phi) is 6.88. The summed E-state index contributed by atoms with van der Waals surface area (Å²) in [7, 11) is 1.40. The van der Waals surface area contributed by atoms with E-state index in [0.717, 1.165) is 45.2 Å². The summed E-state index contributed by atoms with van der Waals surface area (Å²) < 4.78 is 10.2. The molecule has 1 aromatic rings. The lowest BCUT2D eigenvalue weighted by Crippen LogP contribution is -2.41. The lowest BCUT2D eigenvalue weighted by molar-refractivity contribution is -0.141. The summed E-state index contributed by atoms with van der Waals surface area (Å²) in [6.07, 6.45) is 4.90. The third kappa shape index (κ3) is 4.82. The molecule has 0 radical (unpaired) electrons. The van der Waals surface area contributed by atoms with Crippen LogP contribution < -0.4 is 10.9 Å². The molecule has 2 saturated heterocycles. The average Bonchev–Trinajstić information content (AvgIpc) is 2.72. The second-order valence-corrected chi connectivity index (χ2v) is 7.89. The van der Waals surface area contributed by atoms with Gasteiger partial charge in [-0.1, -0.05) is 0 Å². The molecule has 0 spiro atoms. The van der Waals surface area contributed by atoms with Gasteiger partial charge in [-0.3, -0.25) is 9.59 Å². The fourth-order valence-corrected chi connectivity index (χ4v) is 4.19. The summed E-state index contributed by atoms with van der Waals surface area (Å²) >= 11 is 0. The van der Waals surface area contributed by atoms with Crippen LogP contribution in [0, 0.1) is 12.8 Å². The molecule has 1 unspecified atom stereocenters. The number of piperidine rings is 2. The van der Waals surface area contributed by atoms with E-state index in [1.54, 1.807) is 4.90 Å². The monoisotopic (exact) mass is 390 g/mol. The molecule has 3 heterocycles. The van der Waals surface area contributed by atoms with Gasteiger partial charge >= 0.3 is 11.6 Å². The topological polar surface area (TPSA) is 88.8 Å². The number of carbonyl (C=O) groups excluding carboxylic acids is 2. The van der Waals surface area contributed by atoms with Gasteiger partial charge in [-0.25, -0.2) is 4.79 Å². The molecule has 0 bridgehead atoms. The van der Waals surface area contributed by atoms with Gasteiger partial charge in [0.05, 0.1) is 7.11 Å². The van der Waals surface area contributed by atoms with E-state index in [1.165, 1.54) is 7.11 Å². The molecule has 2 fully saturated rings. The van der Waals surface area contributed by atoms with Crippen LogP contribution in [0.3, 0.4) is 0 Å².